The number of aryl methyl sites for hydroxylation is 1. The third kappa shape index (κ3) is 5.97. The number of benzene rings is 1. The van der Waals surface area contributed by atoms with Gasteiger partial charge in [0.25, 0.3) is 5.91 Å². The number of aromatic nitrogens is 1. The van der Waals surface area contributed by atoms with Gasteiger partial charge < -0.3 is 19.3 Å². The topological polar surface area (TPSA) is 73.6 Å². The van der Waals surface area contributed by atoms with Crippen molar-refractivity contribution < 1.29 is 18.8 Å². The van der Waals surface area contributed by atoms with Gasteiger partial charge >= 0.3 is 0 Å². The third-order valence-corrected chi connectivity index (χ3v) is 4.53. The zero-order valence-electron chi connectivity index (χ0n) is 15.0. The minimum Gasteiger partial charge on any atom is -0.381 e. The molecule has 0 aliphatic carbocycles. The van der Waals surface area contributed by atoms with Crippen molar-refractivity contribution in [3.63, 3.8) is 0 Å². The van der Waals surface area contributed by atoms with Gasteiger partial charge in [0.2, 0.25) is 0 Å². The van der Waals surface area contributed by atoms with Gasteiger partial charge in [0.15, 0.2) is 11.5 Å². The normalized spacial score (nSPS) is 15.1. The molecule has 1 aliphatic heterocycles. The Bertz CT molecular complexity index is 665. The Balaban J connectivity index is 1.32. The molecule has 0 bridgehead atoms. The van der Waals surface area contributed by atoms with Crippen LogP contribution in [0.15, 0.2) is 40.9 Å². The summed E-state index contributed by atoms with van der Waals surface area (Å²) < 4.78 is 16.1. The number of carbonyl (C=O) groups excluding carboxylic acids is 1. The van der Waals surface area contributed by atoms with Crippen molar-refractivity contribution in [1.82, 2.24) is 10.5 Å². The lowest BCUT2D eigenvalue weighted by atomic mass is 10.0. The summed E-state index contributed by atoms with van der Waals surface area (Å²) in [7, 11) is 0. The highest BCUT2D eigenvalue weighted by Crippen LogP contribution is 2.13. The van der Waals surface area contributed by atoms with Gasteiger partial charge in [-0.1, -0.05) is 35.5 Å². The van der Waals surface area contributed by atoms with Crippen molar-refractivity contribution in [2.45, 2.75) is 32.3 Å². The molecule has 1 saturated heterocycles. The monoisotopic (exact) mass is 358 g/mol. The molecule has 6 heteroatoms. The maximum absolute atomic E-state index is 12.1. The number of nitrogens with one attached hydrogen (secondary N) is 1. The quantitative estimate of drug-likeness (QED) is 0.698. The molecule has 0 saturated carbocycles. The Kier molecular flexibility index (Phi) is 7.22. The summed E-state index contributed by atoms with van der Waals surface area (Å²) in [4.78, 5) is 12.1. The molecule has 1 amide bonds. The maximum Gasteiger partial charge on any atom is 0.273 e. The van der Waals surface area contributed by atoms with Crippen molar-refractivity contribution in [2.75, 3.05) is 26.4 Å². The Labute approximate surface area is 153 Å². The molecule has 1 N–H and O–H groups in total. The van der Waals surface area contributed by atoms with Crippen molar-refractivity contribution in [3.05, 3.63) is 53.4 Å². The standard InChI is InChI=1S/C20H26N2O4/c23-20(21-14-17-8-11-24-12-9-17)19-13-18(26-22-19)15-25-10-4-7-16-5-2-1-3-6-16/h1-3,5-6,13,17H,4,7-12,14-15H2,(H,21,23). The Hall–Kier alpha value is -2.18. The first kappa shape index (κ1) is 18.6. The highest BCUT2D eigenvalue weighted by atomic mass is 16.5. The smallest absolute Gasteiger partial charge is 0.273 e. The molecular weight excluding hydrogens is 332 g/mol. The number of ether oxygens (including phenoxy) is 2. The Morgan fingerprint density at radius 1 is 1.23 bits per heavy atom. The number of hydrogen-bond donors (Lipinski definition) is 1. The number of hydrogen-bond acceptors (Lipinski definition) is 5. The lowest BCUT2D eigenvalue weighted by Gasteiger charge is -2.21. The van der Waals surface area contributed by atoms with E-state index >= 15 is 0 Å². The summed E-state index contributed by atoms with van der Waals surface area (Å²) in [5.41, 5.74) is 1.61. The van der Waals surface area contributed by atoms with E-state index in [0.717, 1.165) is 38.9 Å². The highest BCUT2D eigenvalue weighted by Gasteiger charge is 2.17. The first-order chi connectivity index (χ1) is 12.8. The lowest BCUT2D eigenvalue weighted by Crippen LogP contribution is -2.32. The maximum atomic E-state index is 12.1. The van der Waals surface area contributed by atoms with Crippen LogP contribution in [-0.2, 0) is 22.5 Å². The number of nitrogens with zero attached hydrogens (tertiary/aromatic N) is 1. The van der Waals surface area contributed by atoms with E-state index in [-0.39, 0.29) is 5.91 Å². The fraction of sp³-hybridized carbons (Fsp3) is 0.500. The van der Waals surface area contributed by atoms with Crippen LogP contribution >= 0.6 is 0 Å². The fourth-order valence-corrected chi connectivity index (χ4v) is 2.96. The molecule has 2 aromatic rings. The van der Waals surface area contributed by atoms with Gasteiger partial charge in [0, 0.05) is 32.4 Å². The Morgan fingerprint density at radius 3 is 2.85 bits per heavy atom. The van der Waals surface area contributed by atoms with E-state index < -0.39 is 0 Å². The minimum atomic E-state index is -0.199. The molecule has 2 heterocycles. The van der Waals surface area contributed by atoms with Crippen LogP contribution in [0.3, 0.4) is 0 Å². The molecule has 0 unspecified atom stereocenters. The predicted octanol–water partition coefficient (Wildman–Crippen LogP) is 2.98. The average molecular weight is 358 g/mol. The Morgan fingerprint density at radius 2 is 2.04 bits per heavy atom. The summed E-state index contributed by atoms with van der Waals surface area (Å²) in [5.74, 6) is 0.850. The highest BCUT2D eigenvalue weighted by molar-refractivity contribution is 5.92. The van der Waals surface area contributed by atoms with E-state index in [4.69, 9.17) is 14.0 Å². The summed E-state index contributed by atoms with van der Waals surface area (Å²) in [6.07, 6.45) is 3.90. The molecule has 1 aromatic carbocycles. The van der Waals surface area contributed by atoms with Gasteiger partial charge in [-0.3, -0.25) is 4.79 Å². The predicted molar refractivity (Wildman–Crippen MR) is 96.8 cm³/mol. The number of amides is 1. The van der Waals surface area contributed by atoms with E-state index in [2.05, 4.69) is 22.6 Å². The van der Waals surface area contributed by atoms with Crippen LogP contribution in [-0.4, -0.2) is 37.4 Å². The van der Waals surface area contributed by atoms with Crippen LogP contribution in [0.25, 0.3) is 0 Å². The summed E-state index contributed by atoms with van der Waals surface area (Å²) in [6, 6.07) is 12.0. The minimum absolute atomic E-state index is 0.199. The zero-order chi connectivity index (χ0) is 18.0. The third-order valence-electron chi connectivity index (χ3n) is 4.53. The molecule has 3 rings (SSSR count). The molecule has 1 fully saturated rings. The van der Waals surface area contributed by atoms with Gasteiger partial charge in [-0.2, -0.15) is 0 Å². The summed E-state index contributed by atoms with van der Waals surface area (Å²) in [6.45, 7) is 3.17. The van der Waals surface area contributed by atoms with Crippen molar-refractivity contribution >= 4 is 5.91 Å². The van der Waals surface area contributed by atoms with Crippen molar-refractivity contribution in [1.29, 1.82) is 0 Å². The first-order valence-corrected chi connectivity index (χ1v) is 9.24. The van der Waals surface area contributed by atoms with Crippen LogP contribution in [0.4, 0.5) is 0 Å². The van der Waals surface area contributed by atoms with E-state index in [1.165, 1.54) is 5.56 Å². The molecule has 1 aliphatic rings. The molecule has 6 nitrogen and oxygen atoms in total. The van der Waals surface area contributed by atoms with E-state index in [1.54, 1.807) is 6.07 Å². The van der Waals surface area contributed by atoms with Gasteiger partial charge in [-0.25, -0.2) is 0 Å². The van der Waals surface area contributed by atoms with Crippen LogP contribution in [0.2, 0.25) is 0 Å². The number of rotatable bonds is 9. The molecule has 0 atom stereocenters. The largest absolute Gasteiger partial charge is 0.381 e. The molecular formula is C20H26N2O4. The molecule has 1 aromatic heterocycles. The fourth-order valence-electron chi connectivity index (χ4n) is 2.96. The van der Waals surface area contributed by atoms with Gasteiger partial charge in [-0.05, 0) is 37.2 Å². The molecule has 0 spiro atoms. The van der Waals surface area contributed by atoms with Crippen LogP contribution in [0, 0.1) is 5.92 Å². The van der Waals surface area contributed by atoms with E-state index in [0.29, 0.717) is 37.1 Å². The van der Waals surface area contributed by atoms with Crippen LogP contribution in [0.5, 0.6) is 0 Å². The second kappa shape index (κ2) is 10.1. The number of carbonyl (C=O) groups is 1. The SMILES string of the molecule is O=C(NCC1CCOCC1)c1cc(COCCCc2ccccc2)on1. The second-order valence-electron chi connectivity index (χ2n) is 6.59. The van der Waals surface area contributed by atoms with Gasteiger partial charge in [0.05, 0.1) is 0 Å². The van der Waals surface area contributed by atoms with Gasteiger partial charge in [0.1, 0.15) is 6.61 Å². The molecule has 140 valence electrons. The summed E-state index contributed by atoms with van der Waals surface area (Å²) in [5, 5.41) is 6.75. The molecule has 0 radical (unpaired) electrons. The average Bonchev–Trinajstić information content (AvgIpc) is 3.16. The van der Waals surface area contributed by atoms with Crippen LogP contribution < -0.4 is 5.32 Å². The zero-order valence-corrected chi connectivity index (χ0v) is 15.0. The first-order valence-electron chi connectivity index (χ1n) is 9.24. The van der Waals surface area contributed by atoms with E-state index in [9.17, 15) is 4.79 Å². The van der Waals surface area contributed by atoms with Crippen LogP contribution in [0.1, 0.15) is 41.1 Å². The van der Waals surface area contributed by atoms with Crippen molar-refractivity contribution in [2.24, 2.45) is 5.92 Å². The molecule has 26 heavy (non-hydrogen) atoms. The lowest BCUT2D eigenvalue weighted by molar-refractivity contribution is 0.0641. The van der Waals surface area contributed by atoms with Gasteiger partial charge in [-0.15, -0.1) is 0 Å². The summed E-state index contributed by atoms with van der Waals surface area (Å²) >= 11 is 0. The second-order valence-corrected chi connectivity index (χ2v) is 6.59. The van der Waals surface area contributed by atoms with Crippen molar-refractivity contribution in [3.8, 4) is 0 Å². The van der Waals surface area contributed by atoms with E-state index in [1.807, 2.05) is 18.2 Å².